The van der Waals surface area contributed by atoms with Crippen LogP contribution in [0.25, 0.3) is 5.52 Å². The lowest BCUT2D eigenvalue weighted by Crippen LogP contribution is -1.97. The number of nitrogens with zero attached hydrogens (tertiary/aromatic N) is 2. The molecule has 0 aliphatic rings. The molecule has 2 nitrogen and oxygen atoms in total. The number of hydrogen-bond donors (Lipinski definition) is 0. The molecule has 3 rings (SSSR count). The maximum absolute atomic E-state index is 4.53. The molecule has 90 valence electrons. The lowest BCUT2D eigenvalue weighted by Gasteiger charge is -2.04. The van der Waals surface area contributed by atoms with Gasteiger partial charge in [-0.1, -0.05) is 40.2 Å². The van der Waals surface area contributed by atoms with E-state index in [2.05, 4.69) is 68.8 Å². The van der Waals surface area contributed by atoms with Crippen LogP contribution in [0.4, 0.5) is 0 Å². The van der Waals surface area contributed by atoms with Gasteiger partial charge >= 0.3 is 0 Å². The number of rotatable bonds is 2. The van der Waals surface area contributed by atoms with Crippen LogP contribution in [0.2, 0.25) is 0 Å². The molecule has 2 aromatic heterocycles. The van der Waals surface area contributed by atoms with Crippen molar-refractivity contribution in [2.24, 2.45) is 0 Å². The van der Waals surface area contributed by atoms with E-state index in [1.807, 2.05) is 12.3 Å². The van der Waals surface area contributed by atoms with E-state index in [1.54, 1.807) is 0 Å². The molecule has 0 spiro atoms. The number of halogens is 1. The summed E-state index contributed by atoms with van der Waals surface area (Å²) in [4.78, 5) is 4.53. The van der Waals surface area contributed by atoms with Crippen LogP contribution in [-0.2, 0) is 6.42 Å². The molecule has 3 aromatic rings. The molecule has 0 atom stereocenters. The van der Waals surface area contributed by atoms with Crippen molar-refractivity contribution in [3.8, 4) is 0 Å². The minimum Gasteiger partial charge on any atom is -0.303 e. The molecule has 0 N–H and O–H groups in total. The van der Waals surface area contributed by atoms with Gasteiger partial charge in [-0.15, -0.1) is 0 Å². The van der Waals surface area contributed by atoms with Crippen LogP contribution < -0.4 is 0 Å². The number of benzene rings is 1. The molecule has 0 amide bonds. The van der Waals surface area contributed by atoms with Gasteiger partial charge in [0, 0.05) is 17.1 Å². The summed E-state index contributed by atoms with van der Waals surface area (Å²) in [6.07, 6.45) is 4.85. The first kappa shape index (κ1) is 11.5. The average Bonchev–Trinajstić information content (AvgIpc) is 2.77. The highest BCUT2D eigenvalue weighted by Crippen LogP contribution is 2.20. The molecule has 0 radical (unpaired) electrons. The molecular formula is C15H13BrN2. The third-order valence-corrected chi connectivity index (χ3v) is 3.94. The molecule has 3 heteroatoms. The first-order valence-corrected chi connectivity index (χ1v) is 6.70. The van der Waals surface area contributed by atoms with Crippen LogP contribution in [0.3, 0.4) is 0 Å². The van der Waals surface area contributed by atoms with Crippen molar-refractivity contribution in [3.63, 3.8) is 0 Å². The quantitative estimate of drug-likeness (QED) is 0.699. The maximum Gasteiger partial charge on any atom is 0.117 e. The second-order valence-electron chi connectivity index (χ2n) is 4.39. The Balaban J connectivity index is 2.06. The third-order valence-electron chi connectivity index (χ3n) is 3.17. The van der Waals surface area contributed by atoms with Gasteiger partial charge in [-0.2, -0.15) is 0 Å². The van der Waals surface area contributed by atoms with E-state index in [4.69, 9.17) is 0 Å². The molecule has 0 fully saturated rings. The summed E-state index contributed by atoms with van der Waals surface area (Å²) in [7, 11) is 0. The Morgan fingerprint density at radius 2 is 2.00 bits per heavy atom. The monoisotopic (exact) mass is 300 g/mol. The molecule has 0 saturated carbocycles. The Bertz CT molecular complexity index is 701. The smallest absolute Gasteiger partial charge is 0.117 e. The van der Waals surface area contributed by atoms with Crippen LogP contribution in [0.5, 0.6) is 0 Å². The Morgan fingerprint density at radius 3 is 2.83 bits per heavy atom. The van der Waals surface area contributed by atoms with Crippen molar-refractivity contribution in [2.45, 2.75) is 13.3 Å². The predicted octanol–water partition coefficient (Wildman–Crippen LogP) is 4.00. The minimum absolute atomic E-state index is 0.832. The van der Waals surface area contributed by atoms with Crippen molar-refractivity contribution in [1.82, 2.24) is 9.38 Å². The second kappa shape index (κ2) is 4.58. The summed E-state index contributed by atoms with van der Waals surface area (Å²) in [6.45, 7) is 2.11. The summed E-state index contributed by atoms with van der Waals surface area (Å²) >= 11 is 3.58. The van der Waals surface area contributed by atoms with Gasteiger partial charge in [-0.05, 0) is 30.2 Å². The molecule has 0 bridgehead atoms. The zero-order chi connectivity index (χ0) is 12.5. The third kappa shape index (κ3) is 1.95. The van der Waals surface area contributed by atoms with Crippen LogP contribution in [0.1, 0.15) is 17.0 Å². The first-order chi connectivity index (χ1) is 8.75. The average molecular weight is 301 g/mol. The van der Waals surface area contributed by atoms with Crippen molar-refractivity contribution < 1.29 is 0 Å². The number of pyridine rings is 1. The first-order valence-electron chi connectivity index (χ1n) is 5.90. The molecular weight excluding hydrogens is 288 g/mol. The highest BCUT2D eigenvalue weighted by atomic mass is 79.9. The van der Waals surface area contributed by atoms with E-state index in [9.17, 15) is 0 Å². The molecule has 0 aliphatic carbocycles. The normalized spacial score (nSPS) is 11.0. The topological polar surface area (TPSA) is 17.3 Å². The van der Waals surface area contributed by atoms with Gasteiger partial charge in [0.25, 0.3) is 0 Å². The highest BCUT2D eigenvalue weighted by molar-refractivity contribution is 9.10. The molecule has 0 aliphatic heterocycles. The van der Waals surface area contributed by atoms with Gasteiger partial charge in [0.2, 0.25) is 0 Å². The summed E-state index contributed by atoms with van der Waals surface area (Å²) < 4.78 is 3.30. The van der Waals surface area contributed by atoms with E-state index >= 15 is 0 Å². The Morgan fingerprint density at radius 1 is 1.17 bits per heavy atom. The summed E-state index contributed by atoms with van der Waals surface area (Å²) in [5.41, 5.74) is 3.69. The van der Waals surface area contributed by atoms with E-state index in [0.717, 1.165) is 16.7 Å². The SMILES string of the molecule is Cc1cccn2c(Cc3ccccc3Br)ncc12. The summed E-state index contributed by atoms with van der Waals surface area (Å²) in [6, 6.07) is 12.5. The number of aryl methyl sites for hydroxylation is 1. The molecule has 18 heavy (non-hydrogen) atoms. The second-order valence-corrected chi connectivity index (χ2v) is 5.24. The van der Waals surface area contributed by atoms with E-state index in [1.165, 1.54) is 16.6 Å². The van der Waals surface area contributed by atoms with Gasteiger partial charge in [-0.25, -0.2) is 4.98 Å². The van der Waals surface area contributed by atoms with Gasteiger partial charge < -0.3 is 4.40 Å². The lowest BCUT2D eigenvalue weighted by molar-refractivity contribution is 0.956. The van der Waals surface area contributed by atoms with Gasteiger partial charge in [0.1, 0.15) is 5.82 Å². The Labute approximate surface area is 114 Å². The van der Waals surface area contributed by atoms with Crippen LogP contribution in [0, 0.1) is 6.92 Å². The fourth-order valence-corrected chi connectivity index (χ4v) is 2.58. The van der Waals surface area contributed by atoms with Gasteiger partial charge in [-0.3, -0.25) is 0 Å². The van der Waals surface area contributed by atoms with Crippen LogP contribution in [-0.4, -0.2) is 9.38 Å². The highest BCUT2D eigenvalue weighted by Gasteiger charge is 2.07. The van der Waals surface area contributed by atoms with Gasteiger partial charge in [0.15, 0.2) is 0 Å². The Hall–Kier alpha value is -1.61. The standard InChI is InChI=1S/C15H13BrN2/c1-11-5-4-8-18-14(11)10-17-15(18)9-12-6-2-3-7-13(12)16/h2-8,10H,9H2,1H3. The van der Waals surface area contributed by atoms with Crippen molar-refractivity contribution >= 4 is 21.4 Å². The van der Waals surface area contributed by atoms with Crippen molar-refractivity contribution in [1.29, 1.82) is 0 Å². The number of aromatic nitrogens is 2. The van der Waals surface area contributed by atoms with Crippen LogP contribution >= 0.6 is 15.9 Å². The van der Waals surface area contributed by atoms with E-state index in [-0.39, 0.29) is 0 Å². The minimum atomic E-state index is 0.832. The Kier molecular flexibility index (Phi) is 2.92. The fourth-order valence-electron chi connectivity index (χ4n) is 2.16. The largest absolute Gasteiger partial charge is 0.303 e. The lowest BCUT2D eigenvalue weighted by atomic mass is 10.1. The fraction of sp³-hybridized carbons (Fsp3) is 0.133. The maximum atomic E-state index is 4.53. The zero-order valence-electron chi connectivity index (χ0n) is 10.1. The number of fused-ring (bicyclic) bond motifs is 1. The molecule has 0 saturated heterocycles. The summed E-state index contributed by atoms with van der Waals surface area (Å²) in [5.74, 6) is 1.07. The summed E-state index contributed by atoms with van der Waals surface area (Å²) in [5, 5.41) is 0. The predicted molar refractivity (Wildman–Crippen MR) is 76.9 cm³/mol. The van der Waals surface area contributed by atoms with E-state index in [0.29, 0.717) is 0 Å². The van der Waals surface area contributed by atoms with Crippen molar-refractivity contribution in [3.05, 3.63) is 70.2 Å². The molecule has 1 aromatic carbocycles. The molecule has 0 unspecified atom stereocenters. The number of hydrogen-bond acceptors (Lipinski definition) is 1. The zero-order valence-corrected chi connectivity index (χ0v) is 11.7. The van der Waals surface area contributed by atoms with E-state index < -0.39 is 0 Å². The number of imidazole rings is 1. The van der Waals surface area contributed by atoms with Crippen LogP contribution in [0.15, 0.2) is 53.3 Å². The van der Waals surface area contributed by atoms with Gasteiger partial charge in [0.05, 0.1) is 11.7 Å². The van der Waals surface area contributed by atoms with Crippen molar-refractivity contribution in [2.75, 3.05) is 0 Å². The molecule has 2 heterocycles.